The van der Waals surface area contributed by atoms with E-state index in [-0.39, 0.29) is 10.5 Å². The Balaban J connectivity index is 0.000000433. The van der Waals surface area contributed by atoms with Crippen molar-refractivity contribution < 1.29 is 18.5 Å². The first-order valence-corrected chi connectivity index (χ1v) is 13.9. The summed E-state index contributed by atoms with van der Waals surface area (Å²) >= 11 is 3.75. The fourth-order valence-electron chi connectivity index (χ4n) is 3.57. The highest BCUT2D eigenvalue weighted by Gasteiger charge is 2.16. The molecule has 1 aliphatic rings. The van der Waals surface area contributed by atoms with Crippen LogP contribution < -0.4 is 9.47 Å². The second kappa shape index (κ2) is 16.4. The molecule has 0 aliphatic carbocycles. The van der Waals surface area contributed by atoms with Gasteiger partial charge < -0.3 is 14.4 Å². The van der Waals surface area contributed by atoms with Crippen LogP contribution in [0, 0.1) is 0 Å². The number of carbonyl (C=O) groups is 1. The number of benzene rings is 1. The van der Waals surface area contributed by atoms with Gasteiger partial charge in [0, 0.05) is 34.4 Å². The maximum Gasteiger partial charge on any atom is 0.278 e. The van der Waals surface area contributed by atoms with E-state index >= 15 is 0 Å². The Hall–Kier alpha value is -1.21. The molecule has 3 atom stereocenters. The highest BCUT2D eigenvalue weighted by atomic mass is 32.2. The van der Waals surface area contributed by atoms with E-state index < -0.39 is 10.8 Å². The van der Waals surface area contributed by atoms with Gasteiger partial charge in [0.05, 0.1) is 0 Å². The Kier molecular flexibility index (Phi) is 14.8. The van der Waals surface area contributed by atoms with E-state index in [1.165, 1.54) is 37.7 Å². The number of fused-ring (bicyclic) bond motifs is 1. The second-order valence-electron chi connectivity index (χ2n) is 8.38. The summed E-state index contributed by atoms with van der Waals surface area (Å²) in [4.78, 5) is 12.5. The minimum Gasteiger partial charge on any atom is -0.454 e. The minimum absolute atomic E-state index is 0.128. The summed E-state index contributed by atoms with van der Waals surface area (Å²) in [5.74, 6) is 2.45. The zero-order valence-electron chi connectivity index (χ0n) is 20.6. The van der Waals surface area contributed by atoms with Crippen LogP contribution in [0.5, 0.6) is 11.5 Å². The maximum atomic E-state index is 12.3. The van der Waals surface area contributed by atoms with Crippen molar-refractivity contribution in [3.63, 3.8) is 0 Å². The molecule has 0 N–H and O–H groups in total. The van der Waals surface area contributed by atoms with E-state index in [0.717, 1.165) is 43.1 Å². The van der Waals surface area contributed by atoms with Gasteiger partial charge in [-0.15, -0.1) is 0 Å². The number of hydrogen-bond donors (Lipinski definition) is 1. The molecule has 32 heavy (non-hydrogen) atoms. The highest BCUT2D eigenvalue weighted by molar-refractivity contribution is 7.96. The number of hydrogen-bond acceptors (Lipinski definition) is 4. The van der Waals surface area contributed by atoms with Gasteiger partial charge in [-0.2, -0.15) is 0 Å². The van der Waals surface area contributed by atoms with Gasteiger partial charge in [-0.1, -0.05) is 71.6 Å². The Labute approximate surface area is 203 Å². The molecular formula is C25H43NO4S2. The molecule has 7 heteroatoms. The summed E-state index contributed by atoms with van der Waals surface area (Å²) in [6, 6.07) is 6.32. The molecule has 1 amide bonds. The van der Waals surface area contributed by atoms with Crippen LogP contribution in [0.1, 0.15) is 85.1 Å². The molecule has 0 aromatic heterocycles. The molecule has 0 radical (unpaired) electrons. The van der Waals surface area contributed by atoms with E-state index in [4.69, 9.17) is 9.47 Å². The first kappa shape index (κ1) is 28.8. The first-order valence-electron chi connectivity index (χ1n) is 12.1. The molecule has 0 bridgehead atoms. The molecule has 0 fully saturated rings. The first-order chi connectivity index (χ1) is 15.3. The van der Waals surface area contributed by atoms with Crippen molar-refractivity contribution in [2.24, 2.45) is 0 Å². The average Bonchev–Trinajstić information content (AvgIpc) is 3.24. The monoisotopic (exact) mass is 485 g/mol. The lowest BCUT2D eigenvalue weighted by Gasteiger charge is -2.24. The molecule has 0 spiro atoms. The van der Waals surface area contributed by atoms with Crippen LogP contribution in [-0.2, 0) is 17.2 Å². The van der Waals surface area contributed by atoms with Crippen molar-refractivity contribution in [1.29, 1.82) is 0 Å². The lowest BCUT2D eigenvalue weighted by molar-refractivity contribution is 0.174. The summed E-state index contributed by atoms with van der Waals surface area (Å²) in [5.41, 5.74) is 1.17. The van der Waals surface area contributed by atoms with Gasteiger partial charge in [-0.25, -0.2) is 0 Å². The number of unbranched alkanes of at least 4 members (excludes halogenated alkanes) is 5. The van der Waals surface area contributed by atoms with Crippen molar-refractivity contribution in [2.45, 2.75) is 97.3 Å². The van der Waals surface area contributed by atoms with Gasteiger partial charge in [0.15, 0.2) is 11.5 Å². The van der Waals surface area contributed by atoms with Crippen LogP contribution in [0.15, 0.2) is 18.2 Å². The van der Waals surface area contributed by atoms with E-state index in [2.05, 4.69) is 33.4 Å². The number of ether oxygens (including phenoxy) is 2. The van der Waals surface area contributed by atoms with Crippen molar-refractivity contribution >= 4 is 28.7 Å². The average molecular weight is 486 g/mol. The highest BCUT2D eigenvalue weighted by Crippen LogP contribution is 2.33. The molecule has 2 rings (SSSR count). The third-order valence-corrected chi connectivity index (χ3v) is 7.83. The van der Waals surface area contributed by atoms with Gasteiger partial charge in [-0.3, -0.25) is 9.00 Å². The number of rotatable bonds is 13. The van der Waals surface area contributed by atoms with Gasteiger partial charge in [0.2, 0.25) is 6.79 Å². The minimum atomic E-state index is -0.743. The summed E-state index contributed by atoms with van der Waals surface area (Å²) in [6.45, 7) is 11.4. The van der Waals surface area contributed by atoms with Crippen molar-refractivity contribution in [1.82, 2.24) is 4.90 Å². The fourth-order valence-corrected chi connectivity index (χ4v) is 5.18. The van der Waals surface area contributed by atoms with Crippen LogP contribution in [0.2, 0.25) is 0 Å². The molecule has 5 nitrogen and oxygen atoms in total. The molecule has 184 valence electrons. The number of amides is 1. The Bertz CT molecular complexity index is 699. The van der Waals surface area contributed by atoms with Crippen LogP contribution in [0.4, 0.5) is 4.79 Å². The number of carbonyl (C=O) groups excluding carboxylic acids is 1. The largest absolute Gasteiger partial charge is 0.454 e. The summed E-state index contributed by atoms with van der Waals surface area (Å²) in [5, 5.41) is 0.0628. The summed E-state index contributed by atoms with van der Waals surface area (Å²) in [7, 11) is -0.743. The molecule has 3 unspecified atom stereocenters. The summed E-state index contributed by atoms with van der Waals surface area (Å²) in [6.07, 6.45) is 9.31. The molecule has 0 saturated heterocycles. The zero-order chi connectivity index (χ0) is 23.9. The number of thiol groups is 1. The van der Waals surface area contributed by atoms with Gasteiger partial charge in [0.1, 0.15) is 0 Å². The molecule has 1 heterocycles. The molecule has 0 saturated carbocycles. The van der Waals surface area contributed by atoms with E-state index in [1.807, 2.05) is 32.0 Å². The van der Waals surface area contributed by atoms with E-state index in [1.54, 1.807) is 4.90 Å². The molecule has 1 aliphatic heterocycles. The fraction of sp³-hybridized carbons (Fsp3) is 0.720. The van der Waals surface area contributed by atoms with Gasteiger partial charge in [0.25, 0.3) is 5.24 Å². The Morgan fingerprint density at radius 3 is 2.31 bits per heavy atom. The topological polar surface area (TPSA) is 55.8 Å². The molecular weight excluding hydrogens is 442 g/mol. The lowest BCUT2D eigenvalue weighted by atomic mass is 10.1. The van der Waals surface area contributed by atoms with E-state index in [0.29, 0.717) is 12.8 Å². The van der Waals surface area contributed by atoms with Crippen LogP contribution in [-0.4, -0.2) is 44.7 Å². The zero-order valence-corrected chi connectivity index (χ0v) is 22.3. The standard InChI is InChI=1S/C18H28O3S.C7H15NOS/c1-3-4-5-6-7-8-11-22(19)15(2)12-16-9-10-17-18(13-16)21-14-20-17;1-4-6(3)8(5-2)7(9)10/h9-10,13,15H,3-8,11-12,14H2,1-2H3;6H,4-5H2,1-3H3,(H,9,10). The normalized spacial score (nSPS) is 14.8. The number of nitrogens with zero attached hydrogens (tertiary/aromatic N) is 1. The Morgan fingerprint density at radius 2 is 1.72 bits per heavy atom. The smallest absolute Gasteiger partial charge is 0.278 e. The maximum absolute atomic E-state index is 12.3. The van der Waals surface area contributed by atoms with Gasteiger partial charge in [-0.05, 0) is 50.8 Å². The Morgan fingerprint density at radius 1 is 1.06 bits per heavy atom. The third kappa shape index (κ3) is 10.6. The third-order valence-electron chi connectivity index (χ3n) is 5.82. The lowest BCUT2D eigenvalue weighted by Crippen LogP contribution is -2.34. The van der Waals surface area contributed by atoms with Crippen LogP contribution >= 0.6 is 12.6 Å². The summed E-state index contributed by atoms with van der Waals surface area (Å²) < 4.78 is 23.0. The van der Waals surface area contributed by atoms with Crippen LogP contribution in [0.3, 0.4) is 0 Å². The van der Waals surface area contributed by atoms with Crippen molar-refractivity contribution in [2.75, 3.05) is 19.1 Å². The second-order valence-corrected chi connectivity index (χ2v) is 10.7. The predicted octanol–water partition coefficient (Wildman–Crippen LogP) is 6.61. The van der Waals surface area contributed by atoms with E-state index in [9.17, 15) is 9.00 Å². The quantitative estimate of drug-likeness (QED) is 0.252. The van der Waals surface area contributed by atoms with Crippen LogP contribution in [0.25, 0.3) is 0 Å². The van der Waals surface area contributed by atoms with Crippen molar-refractivity contribution in [3.05, 3.63) is 23.8 Å². The predicted molar refractivity (Wildman–Crippen MR) is 139 cm³/mol. The SMILES string of the molecule is CCC(C)N(CC)C(=O)S.CCCCCCCCS(=O)C(C)Cc1ccc2c(c1)OCO2. The molecule has 1 aromatic rings. The van der Waals surface area contributed by atoms with Gasteiger partial charge >= 0.3 is 0 Å². The van der Waals surface area contributed by atoms with Crippen molar-refractivity contribution in [3.8, 4) is 11.5 Å². The molecule has 1 aromatic carbocycles.